The smallest absolute Gasteiger partial charge is 0.276 e. The molecule has 0 heterocycles. The van der Waals surface area contributed by atoms with Gasteiger partial charge in [-0.3, -0.25) is 9.63 Å². The number of aliphatic hydroxyl groups is 1. The molecule has 144 valence electrons. The fourth-order valence-corrected chi connectivity index (χ4v) is 3.38. The Morgan fingerprint density at radius 3 is 2.67 bits per heavy atom. The van der Waals surface area contributed by atoms with Gasteiger partial charge in [0.1, 0.15) is 11.6 Å². The van der Waals surface area contributed by atoms with Crippen molar-refractivity contribution < 1.29 is 23.5 Å². The molecular weight excluding hydrogens is 537 g/mol. The van der Waals surface area contributed by atoms with Crippen LogP contribution in [0.15, 0.2) is 34.8 Å². The first kappa shape index (κ1) is 20.4. The highest BCUT2D eigenvalue weighted by molar-refractivity contribution is 14.1. The summed E-state index contributed by atoms with van der Waals surface area (Å²) < 4.78 is 28.9. The lowest BCUT2D eigenvalue weighted by Crippen LogP contribution is -2.26. The second kappa shape index (κ2) is 8.80. The molecule has 1 fully saturated rings. The Hall–Kier alpha value is -1.30. The zero-order valence-corrected chi connectivity index (χ0v) is 17.7. The van der Waals surface area contributed by atoms with Crippen molar-refractivity contribution in [2.45, 2.75) is 6.42 Å². The minimum atomic E-state index is -0.593. The molecule has 0 aliphatic heterocycles. The van der Waals surface area contributed by atoms with Crippen LogP contribution in [0.25, 0.3) is 0 Å². The normalized spacial score (nSPS) is 18.3. The number of aliphatic hydroxyl groups excluding tert-OH is 1. The van der Waals surface area contributed by atoms with Gasteiger partial charge in [0.2, 0.25) is 0 Å². The van der Waals surface area contributed by atoms with Crippen LogP contribution in [0.2, 0.25) is 0 Å². The molecule has 27 heavy (non-hydrogen) atoms. The van der Waals surface area contributed by atoms with Gasteiger partial charge in [0.05, 0.1) is 28.0 Å². The maximum atomic E-state index is 14.1. The first-order valence-electron chi connectivity index (χ1n) is 8.13. The van der Waals surface area contributed by atoms with Crippen molar-refractivity contribution in [3.05, 3.63) is 55.6 Å². The van der Waals surface area contributed by atoms with Crippen LogP contribution in [0.3, 0.4) is 0 Å². The average Bonchev–Trinajstić information content (AvgIpc) is 3.38. The van der Waals surface area contributed by atoms with E-state index < -0.39 is 17.5 Å². The van der Waals surface area contributed by atoms with Gasteiger partial charge in [0, 0.05) is 10.2 Å². The molecule has 2 aromatic rings. The monoisotopic (exact) mass is 552 g/mol. The van der Waals surface area contributed by atoms with Gasteiger partial charge in [-0.2, -0.15) is 0 Å². The van der Waals surface area contributed by atoms with Crippen LogP contribution in [0.5, 0.6) is 0 Å². The number of carbonyl (C=O) groups excluding carboxylic acids is 1. The first-order valence-corrected chi connectivity index (χ1v) is 10.00. The summed E-state index contributed by atoms with van der Waals surface area (Å²) >= 11 is 5.03. The fourth-order valence-electron chi connectivity index (χ4n) is 2.58. The molecule has 0 radical (unpaired) electrons. The van der Waals surface area contributed by atoms with Crippen molar-refractivity contribution in [2.75, 3.05) is 18.5 Å². The molecule has 0 saturated heterocycles. The van der Waals surface area contributed by atoms with E-state index in [0.717, 1.165) is 12.5 Å². The van der Waals surface area contributed by atoms with Gasteiger partial charge in [-0.15, -0.1) is 0 Å². The van der Waals surface area contributed by atoms with Gasteiger partial charge in [-0.25, -0.2) is 14.3 Å². The van der Waals surface area contributed by atoms with Crippen molar-refractivity contribution in [1.82, 2.24) is 5.48 Å². The Bertz CT molecular complexity index is 869. The first-order chi connectivity index (χ1) is 12.9. The Balaban J connectivity index is 1.75. The van der Waals surface area contributed by atoms with E-state index >= 15 is 0 Å². The largest absolute Gasteiger partial charge is 0.396 e. The molecule has 1 aliphatic carbocycles. The summed E-state index contributed by atoms with van der Waals surface area (Å²) in [7, 11) is 0. The topological polar surface area (TPSA) is 70.6 Å². The number of halogens is 4. The number of anilines is 2. The van der Waals surface area contributed by atoms with E-state index in [2.05, 4.69) is 26.7 Å². The molecule has 0 aromatic heterocycles. The number of benzene rings is 2. The highest BCUT2D eigenvalue weighted by atomic mass is 127. The number of rotatable bonds is 7. The van der Waals surface area contributed by atoms with Crippen LogP contribution in [0.1, 0.15) is 16.8 Å². The lowest BCUT2D eigenvalue weighted by Gasteiger charge is -2.14. The van der Waals surface area contributed by atoms with Crippen molar-refractivity contribution >= 4 is 55.8 Å². The summed E-state index contributed by atoms with van der Waals surface area (Å²) in [5, 5.41) is 11.8. The van der Waals surface area contributed by atoms with E-state index in [4.69, 9.17) is 9.94 Å². The lowest BCUT2D eigenvalue weighted by atomic mass is 10.1. The van der Waals surface area contributed by atoms with E-state index in [9.17, 15) is 13.6 Å². The number of carbonyl (C=O) groups is 1. The fraction of sp³-hybridized carbons (Fsp3) is 0.278. The predicted octanol–water partition coefficient (Wildman–Crippen LogP) is 4.37. The standard InChI is InChI=1S/C18H16BrF2IN2O3/c19-13-5-12(18(26)24-27-8-10-3-9(10)7-25)17(6-14(13)20)23-16-2-1-11(22)4-15(16)21/h1-2,4-6,9-10,23,25H,3,7-8H2,(H,24,26). The molecule has 1 amide bonds. The van der Waals surface area contributed by atoms with E-state index in [1.165, 1.54) is 18.2 Å². The van der Waals surface area contributed by atoms with E-state index in [1.54, 1.807) is 6.07 Å². The van der Waals surface area contributed by atoms with Gasteiger partial charge < -0.3 is 10.4 Å². The molecule has 0 spiro atoms. The van der Waals surface area contributed by atoms with E-state index in [0.29, 0.717) is 3.57 Å². The number of nitrogens with one attached hydrogen (secondary N) is 2. The van der Waals surface area contributed by atoms with Gasteiger partial charge in [0.15, 0.2) is 0 Å². The van der Waals surface area contributed by atoms with Crippen molar-refractivity contribution in [2.24, 2.45) is 11.8 Å². The zero-order valence-electron chi connectivity index (χ0n) is 13.9. The summed E-state index contributed by atoms with van der Waals surface area (Å²) in [6.45, 7) is 0.385. The lowest BCUT2D eigenvalue weighted by molar-refractivity contribution is 0.0248. The average molecular weight is 553 g/mol. The predicted molar refractivity (Wildman–Crippen MR) is 109 cm³/mol. The Kier molecular flexibility index (Phi) is 6.66. The number of hydrogen-bond acceptors (Lipinski definition) is 4. The number of amides is 1. The molecule has 3 rings (SSSR count). The molecule has 5 nitrogen and oxygen atoms in total. The van der Waals surface area contributed by atoms with Gasteiger partial charge in [0.25, 0.3) is 5.91 Å². The van der Waals surface area contributed by atoms with Crippen LogP contribution in [0.4, 0.5) is 20.2 Å². The van der Waals surface area contributed by atoms with Crippen LogP contribution < -0.4 is 10.8 Å². The second-order valence-electron chi connectivity index (χ2n) is 6.24. The summed E-state index contributed by atoms with van der Waals surface area (Å²) in [5.74, 6) is -1.27. The van der Waals surface area contributed by atoms with Crippen LogP contribution in [-0.4, -0.2) is 24.2 Å². The molecule has 9 heteroatoms. The van der Waals surface area contributed by atoms with Gasteiger partial charge in [-0.05, 0) is 87.1 Å². The molecular formula is C18H16BrF2IN2O3. The molecule has 2 unspecified atom stereocenters. The molecule has 1 aliphatic rings. The molecule has 0 bridgehead atoms. The highest BCUT2D eigenvalue weighted by Gasteiger charge is 2.36. The summed E-state index contributed by atoms with van der Waals surface area (Å²) in [6, 6.07) is 6.94. The third-order valence-corrected chi connectivity index (χ3v) is 5.55. The Morgan fingerprint density at radius 1 is 1.22 bits per heavy atom. The quantitative estimate of drug-likeness (QED) is 0.352. The van der Waals surface area contributed by atoms with Crippen LogP contribution >= 0.6 is 38.5 Å². The van der Waals surface area contributed by atoms with Crippen molar-refractivity contribution in [3.8, 4) is 0 Å². The summed E-state index contributed by atoms with van der Waals surface area (Å²) in [4.78, 5) is 17.6. The van der Waals surface area contributed by atoms with Crippen LogP contribution in [0, 0.1) is 27.0 Å². The van der Waals surface area contributed by atoms with E-state index in [1.807, 2.05) is 22.6 Å². The number of hydroxylamine groups is 1. The van der Waals surface area contributed by atoms with Crippen molar-refractivity contribution in [3.63, 3.8) is 0 Å². The minimum absolute atomic E-state index is 0.0933. The molecule has 3 N–H and O–H groups in total. The maximum absolute atomic E-state index is 14.1. The van der Waals surface area contributed by atoms with E-state index in [-0.39, 0.29) is 46.5 Å². The zero-order chi connectivity index (χ0) is 19.6. The molecule has 1 saturated carbocycles. The van der Waals surface area contributed by atoms with Gasteiger partial charge in [-0.1, -0.05) is 0 Å². The maximum Gasteiger partial charge on any atom is 0.276 e. The van der Waals surface area contributed by atoms with Crippen LogP contribution in [-0.2, 0) is 4.84 Å². The molecule has 2 aromatic carbocycles. The highest BCUT2D eigenvalue weighted by Crippen LogP contribution is 2.37. The molecule has 2 atom stereocenters. The minimum Gasteiger partial charge on any atom is -0.396 e. The SMILES string of the molecule is O=C(NOCC1CC1CO)c1cc(Br)c(F)cc1Nc1ccc(I)cc1F. The third-order valence-electron chi connectivity index (χ3n) is 4.27. The number of hydrogen-bond donors (Lipinski definition) is 3. The van der Waals surface area contributed by atoms with Crippen molar-refractivity contribution in [1.29, 1.82) is 0 Å². The third kappa shape index (κ3) is 5.15. The Labute approximate surface area is 176 Å². The Morgan fingerprint density at radius 2 is 2.00 bits per heavy atom. The van der Waals surface area contributed by atoms with Gasteiger partial charge >= 0.3 is 0 Å². The summed E-state index contributed by atoms with van der Waals surface area (Å²) in [5.41, 5.74) is 2.64. The second-order valence-corrected chi connectivity index (χ2v) is 8.34. The summed E-state index contributed by atoms with van der Waals surface area (Å²) in [6.07, 6.45) is 0.855.